The lowest BCUT2D eigenvalue weighted by atomic mass is 9.94. The molecule has 2 rings (SSSR count). The number of amides is 1. The van der Waals surface area contributed by atoms with Gasteiger partial charge in [-0.3, -0.25) is 4.79 Å². The Hall–Kier alpha value is -1.13. The molecular formula is C31H59NO16. The lowest BCUT2D eigenvalue weighted by Gasteiger charge is -2.50. The number of hydrogen-bond donors (Lipinski definition) is 1. The first kappa shape index (κ1) is 43.0. The van der Waals surface area contributed by atoms with Gasteiger partial charge in [-0.05, 0) is 0 Å². The lowest BCUT2D eigenvalue weighted by Crippen LogP contribution is -2.69. The van der Waals surface area contributed by atoms with Gasteiger partial charge in [-0.1, -0.05) is 0 Å². The molecule has 0 bridgehead atoms. The fourth-order valence-corrected chi connectivity index (χ4v) is 6.35. The molecule has 0 saturated carbocycles. The van der Waals surface area contributed by atoms with E-state index in [0.717, 1.165) is 0 Å². The monoisotopic (exact) mass is 701 g/mol. The summed E-state index contributed by atoms with van der Waals surface area (Å²) in [7, 11) is 16.9. The summed E-state index contributed by atoms with van der Waals surface area (Å²) in [5.41, 5.74) is 0. The van der Waals surface area contributed by atoms with E-state index in [1.165, 1.54) is 42.5 Å². The van der Waals surface area contributed by atoms with Crippen molar-refractivity contribution in [1.82, 2.24) is 5.32 Å². The maximum Gasteiger partial charge on any atom is 0.217 e. The molecule has 14 atom stereocenters. The Morgan fingerprint density at radius 1 is 0.583 bits per heavy atom. The lowest BCUT2D eigenvalue weighted by molar-refractivity contribution is -0.365. The first-order chi connectivity index (χ1) is 23.2. The highest BCUT2D eigenvalue weighted by Gasteiger charge is 2.54. The molecule has 0 unspecified atom stereocenters. The van der Waals surface area contributed by atoms with Crippen LogP contribution in [0.15, 0.2) is 0 Å². The van der Waals surface area contributed by atoms with E-state index in [0.29, 0.717) is 0 Å². The maximum absolute atomic E-state index is 12.4. The normalized spacial score (nSPS) is 33.6. The highest BCUT2D eigenvalue weighted by molar-refractivity contribution is 5.73. The van der Waals surface area contributed by atoms with E-state index >= 15 is 0 Å². The van der Waals surface area contributed by atoms with E-state index in [2.05, 4.69) is 5.32 Å². The fraction of sp³-hybridized carbons (Fsp3) is 0.968. The van der Waals surface area contributed by atoms with Crippen LogP contribution in [0.4, 0.5) is 0 Å². The molecule has 1 N–H and O–H groups in total. The van der Waals surface area contributed by atoms with E-state index in [9.17, 15) is 4.79 Å². The van der Waals surface area contributed by atoms with E-state index in [4.69, 9.17) is 71.1 Å². The highest BCUT2D eigenvalue weighted by atomic mass is 16.8. The Morgan fingerprint density at radius 2 is 1.08 bits per heavy atom. The topological polar surface area (TPSA) is 168 Å². The zero-order valence-electron chi connectivity index (χ0n) is 30.4. The molecule has 0 spiro atoms. The Bertz CT molecular complexity index is 874. The van der Waals surface area contributed by atoms with Gasteiger partial charge in [-0.15, -0.1) is 0 Å². The quantitative estimate of drug-likeness (QED) is 0.143. The molecule has 0 radical (unpaired) electrons. The molecule has 284 valence electrons. The van der Waals surface area contributed by atoms with Gasteiger partial charge < -0.3 is 76.4 Å². The summed E-state index contributed by atoms with van der Waals surface area (Å²) in [4.78, 5) is 12.4. The van der Waals surface area contributed by atoms with Crippen LogP contribution < -0.4 is 5.32 Å². The second-order valence-corrected chi connectivity index (χ2v) is 11.4. The van der Waals surface area contributed by atoms with Crippen molar-refractivity contribution in [3.63, 3.8) is 0 Å². The van der Waals surface area contributed by atoms with Gasteiger partial charge >= 0.3 is 0 Å². The summed E-state index contributed by atoms with van der Waals surface area (Å²) in [5.74, 6) is -0.315. The van der Waals surface area contributed by atoms with Gasteiger partial charge in [0.05, 0.1) is 26.4 Å². The van der Waals surface area contributed by atoms with Crippen LogP contribution in [0.25, 0.3) is 0 Å². The number of hydrogen-bond acceptors (Lipinski definition) is 16. The summed E-state index contributed by atoms with van der Waals surface area (Å²) in [6.45, 7) is 2.03. The molecule has 2 fully saturated rings. The minimum atomic E-state index is -1.05. The fourth-order valence-electron chi connectivity index (χ4n) is 6.35. The highest BCUT2D eigenvalue weighted by Crippen LogP contribution is 2.34. The van der Waals surface area contributed by atoms with Crippen LogP contribution >= 0.6 is 0 Å². The predicted molar refractivity (Wildman–Crippen MR) is 168 cm³/mol. The number of carbonyl (C=O) groups is 1. The largest absolute Gasteiger partial charge is 0.382 e. The average molecular weight is 702 g/mol. The van der Waals surface area contributed by atoms with Crippen molar-refractivity contribution in [2.45, 2.75) is 92.7 Å². The summed E-state index contributed by atoms with van der Waals surface area (Å²) in [6.07, 6.45) is -9.81. The summed E-state index contributed by atoms with van der Waals surface area (Å²) in [5, 5.41) is 2.90. The Kier molecular flexibility index (Phi) is 20.3. The van der Waals surface area contributed by atoms with Crippen molar-refractivity contribution >= 4 is 5.91 Å². The molecule has 0 aliphatic carbocycles. The molecule has 17 heteroatoms. The smallest absolute Gasteiger partial charge is 0.217 e. The van der Waals surface area contributed by atoms with Gasteiger partial charge in [0.2, 0.25) is 5.91 Å². The van der Waals surface area contributed by atoms with Crippen molar-refractivity contribution in [3.05, 3.63) is 0 Å². The molecule has 0 aromatic rings. The van der Waals surface area contributed by atoms with Crippen molar-refractivity contribution < 1.29 is 75.8 Å². The van der Waals surface area contributed by atoms with E-state index in [1.54, 1.807) is 42.7 Å². The summed E-state index contributed by atoms with van der Waals surface area (Å²) >= 11 is 0. The zero-order chi connectivity index (χ0) is 35.8. The molecule has 48 heavy (non-hydrogen) atoms. The SMILES string of the molecule is COC[C@H](OC)[C@@H](OC)[C@H](O[C@@H]1O[C@H](COC)[C@H](O[C@@H]2O[C@H](COC)[C@H](OC)[C@H](OC)[C@H]2NC(C)=O)[C@H](OC)[C@H]1OC)[C@@H](COC)OC. The van der Waals surface area contributed by atoms with Gasteiger partial charge in [-0.25, -0.2) is 0 Å². The Morgan fingerprint density at radius 3 is 1.52 bits per heavy atom. The Balaban J connectivity index is 2.53. The second-order valence-electron chi connectivity index (χ2n) is 11.4. The zero-order valence-corrected chi connectivity index (χ0v) is 30.4. The third-order valence-corrected chi connectivity index (χ3v) is 8.54. The van der Waals surface area contributed by atoms with Gasteiger partial charge in [0, 0.05) is 85.1 Å². The van der Waals surface area contributed by atoms with Crippen molar-refractivity contribution in [3.8, 4) is 0 Å². The van der Waals surface area contributed by atoms with Crippen LogP contribution in [-0.2, 0) is 75.8 Å². The molecular weight excluding hydrogens is 642 g/mol. The molecule has 17 nitrogen and oxygen atoms in total. The van der Waals surface area contributed by atoms with Gasteiger partial charge in [0.15, 0.2) is 12.6 Å². The predicted octanol–water partition coefficient (Wildman–Crippen LogP) is -0.598. The van der Waals surface area contributed by atoms with Crippen LogP contribution in [0.2, 0.25) is 0 Å². The van der Waals surface area contributed by atoms with Gasteiger partial charge in [0.1, 0.15) is 73.2 Å². The third kappa shape index (κ3) is 10.9. The minimum Gasteiger partial charge on any atom is -0.382 e. The van der Waals surface area contributed by atoms with Crippen LogP contribution in [0.1, 0.15) is 6.92 Å². The Labute approximate surface area is 284 Å². The third-order valence-electron chi connectivity index (χ3n) is 8.54. The number of carbonyl (C=O) groups excluding carboxylic acids is 1. The van der Waals surface area contributed by atoms with Crippen LogP contribution in [-0.4, -0.2) is 196 Å². The van der Waals surface area contributed by atoms with Crippen molar-refractivity contribution in [2.24, 2.45) is 0 Å². The van der Waals surface area contributed by atoms with Crippen LogP contribution in [0, 0.1) is 0 Å². The standard InChI is InChI=1S/C31H59NO16/c1-17(33)32-22-27(42-10)24(41-9)20(15-36-4)45-30(22)47-26-21(16-37-5)46-31(29(44-12)28(26)43-11)48-25(19(39-7)14-35-3)23(40-8)18(38-6)13-34-2/h18-31H,13-16H2,1-12H3,(H,32,33)/t18-,19+,20+,21+,22+,23+,24-,25+,26-,27+,28-,29+,30-,31-/m0/s1. The molecule has 1 amide bonds. The number of nitrogens with one attached hydrogen (secondary N) is 1. The second kappa shape index (κ2) is 22.6. The number of ether oxygens (including phenoxy) is 15. The van der Waals surface area contributed by atoms with Gasteiger partial charge in [-0.2, -0.15) is 0 Å². The number of methoxy groups -OCH3 is 11. The van der Waals surface area contributed by atoms with E-state index < -0.39 is 85.8 Å². The van der Waals surface area contributed by atoms with Crippen LogP contribution in [0.5, 0.6) is 0 Å². The molecule has 2 aliphatic rings. The first-order valence-electron chi connectivity index (χ1n) is 15.7. The van der Waals surface area contributed by atoms with E-state index in [-0.39, 0.29) is 32.3 Å². The number of rotatable bonds is 23. The summed E-state index contributed by atoms with van der Waals surface area (Å²) < 4.78 is 89.0. The molecule has 2 heterocycles. The minimum absolute atomic E-state index is 0.0722. The maximum atomic E-state index is 12.4. The molecule has 0 aromatic heterocycles. The molecule has 2 aliphatic heterocycles. The van der Waals surface area contributed by atoms with E-state index in [1.807, 2.05) is 0 Å². The van der Waals surface area contributed by atoms with Crippen molar-refractivity contribution in [2.75, 3.05) is 105 Å². The summed E-state index contributed by atoms with van der Waals surface area (Å²) in [6, 6.07) is -0.781. The van der Waals surface area contributed by atoms with Gasteiger partial charge in [0.25, 0.3) is 0 Å². The van der Waals surface area contributed by atoms with Crippen LogP contribution in [0.3, 0.4) is 0 Å². The molecule has 0 aromatic carbocycles. The van der Waals surface area contributed by atoms with Crippen molar-refractivity contribution in [1.29, 1.82) is 0 Å². The first-order valence-corrected chi connectivity index (χ1v) is 15.7. The average Bonchev–Trinajstić information content (AvgIpc) is 3.07. The molecule has 2 saturated heterocycles.